The van der Waals surface area contributed by atoms with E-state index in [1.54, 1.807) is 0 Å². The van der Waals surface area contributed by atoms with E-state index in [0.29, 0.717) is 30.7 Å². The van der Waals surface area contributed by atoms with Crippen molar-refractivity contribution < 1.29 is 23.0 Å². The lowest BCUT2D eigenvalue weighted by molar-refractivity contribution is 0.107. The number of halogens is 3. The topological polar surface area (TPSA) is 86.6 Å². The summed E-state index contributed by atoms with van der Waals surface area (Å²) in [5.74, 6) is 3.65. The maximum absolute atomic E-state index is 16.9. The number of phenolic OH excluding ortho intramolecular Hbond substituents is 1. The number of aromatic hydroxyl groups is 1. The number of fused-ring (bicyclic) bond motifs is 5. The lowest BCUT2D eigenvalue weighted by Gasteiger charge is -2.32. The number of alkyl halides is 1. The van der Waals surface area contributed by atoms with Gasteiger partial charge in [0.25, 0.3) is 0 Å². The first-order valence-electron chi connectivity index (χ1n) is 15.1. The van der Waals surface area contributed by atoms with Crippen LogP contribution in [0.25, 0.3) is 32.9 Å². The van der Waals surface area contributed by atoms with Gasteiger partial charge in [-0.05, 0) is 55.3 Å². The van der Waals surface area contributed by atoms with Gasteiger partial charge in [0.15, 0.2) is 5.82 Å². The number of benzene rings is 2. The molecule has 8 rings (SSSR count). The number of ether oxygens (including phenoxy) is 1. The minimum Gasteiger partial charge on any atom is -0.508 e. The van der Waals surface area contributed by atoms with Crippen LogP contribution in [-0.2, 0) is 0 Å². The van der Waals surface area contributed by atoms with Crippen LogP contribution in [0.1, 0.15) is 36.9 Å². The third-order valence-corrected chi connectivity index (χ3v) is 9.89. The van der Waals surface area contributed by atoms with Gasteiger partial charge in [0.1, 0.15) is 47.1 Å². The number of aromatic nitrogens is 3. The molecule has 4 atom stereocenters. The molecule has 4 fully saturated rings. The van der Waals surface area contributed by atoms with Crippen molar-refractivity contribution in [2.75, 3.05) is 37.7 Å². The van der Waals surface area contributed by atoms with Gasteiger partial charge in [-0.25, -0.2) is 18.2 Å². The molecule has 0 unspecified atom stereocenters. The van der Waals surface area contributed by atoms with Gasteiger partial charge in [0.2, 0.25) is 0 Å². The third kappa shape index (κ3) is 4.29. The first kappa shape index (κ1) is 27.9. The van der Waals surface area contributed by atoms with Crippen molar-refractivity contribution in [1.82, 2.24) is 25.2 Å². The normalized spacial score (nSPS) is 25.6. The Morgan fingerprint density at radius 1 is 1.11 bits per heavy atom. The Hall–Kier alpha value is -4.58. The van der Waals surface area contributed by atoms with Crippen molar-refractivity contribution in [2.24, 2.45) is 0 Å². The molecule has 4 aromatic rings. The quantitative estimate of drug-likeness (QED) is 0.324. The summed E-state index contributed by atoms with van der Waals surface area (Å²) < 4.78 is 52.5. The summed E-state index contributed by atoms with van der Waals surface area (Å²) in [6.07, 6.45) is 13.7. The van der Waals surface area contributed by atoms with E-state index in [9.17, 15) is 13.9 Å². The summed E-state index contributed by atoms with van der Waals surface area (Å²) in [7, 11) is 0. The molecule has 6 heterocycles. The molecule has 0 amide bonds. The number of nitrogens with one attached hydrogen (secondary N) is 1. The molecule has 11 heteroatoms. The molecule has 4 saturated heterocycles. The van der Waals surface area contributed by atoms with Crippen LogP contribution in [0.4, 0.5) is 19.0 Å². The van der Waals surface area contributed by atoms with E-state index in [1.165, 1.54) is 24.3 Å². The zero-order chi connectivity index (χ0) is 31.0. The van der Waals surface area contributed by atoms with Crippen LogP contribution in [0.3, 0.4) is 0 Å². The maximum atomic E-state index is 16.9. The van der Waals surface area contributed by atoms with Gasteiger partial charge < -0.3 is 20.1 Å². The average molecular weight is 611 g/mol. The molecule has 2 aromatic heterocycles. The Labute approximate surface area is 257 Å². The largest absolute Gasteiger partial charge is 0.508 e. The average Bonchev–Trinajstić information content (AvgIpc) is 3.81. The monoisotopic (exact) mass is 610 g/mol. The number of piperazine rings is 1. The van der Waals surface area contributed by atoms with Crippen molar-refractivity contribution in [3.05, 3.63) is 47.2 Å². The molecule has 0 radical (unpaired) electrons. The zero-order valence-corrected chi connectivity index (χ0v) is 24.3. The first-order valence-corrected chi connectivity index (χ1v) is 15.1. The fourth-order valence-corrected chi connectivity index (χ4v) is 7.91. The molecule has 2 aromatic carbocycles. The lowest BCUT2D eigenvalue weighted by atomic mass is 9.95. The standard InChI is InChI=1S/C34H29F3N6O2/c1-3-23-25(36)7-6-18-10-22(44)12-24(27(18)23)30-29(37)31-28(26(4-2)39-30)32(43-16-20-11-21(43)14-38-20)41-33(40-31)45-17-34-8-5-9-42(34)15-19(35)13-34/h1-2,6-7,10,12,19-21,38,44H,5,8-9,11,13-17H2/t19-,20+,21+,34+/m1/s1. The second-order valence-corrected chi connectivity index (χ2v) is 12.5. The third-order valence-electron chi connectivity index (χ3n) is 9.89. The number of rotatable bonds is 5. The smallest absolute Gasteiger partial charge is 0.319 e. The predicted octanol–water partition coefficient (Wildman–Crippen LogP) is 4.30. The van der Waals surface area contributed by atoms with Gasteiger partial charge in [0.05, 0.1) is 16.5 Å². The number of pyridine rings is 1. The highest BCUT2D eigenvalue weighted by molar-refractivity contribution is 6.04. The van der Waals surface area contributed by atoms with Crippen LogP contribution in [0.2, 0.25) is 0 Å². The molecule has 4 aliphatic heterocycles. The van der Waals surface area contributed by atoms with Crippen molar-refractivity contribution in [1.29, 1.82) is 0 Å². The van der Waals surface area contributed by atoms with Crippen LogP contribution in [0.15, 0.2) is 24.3 Å². The fraction of sp³-hybridized carbons (Fsp3) is 0.382. The Morgan fingerprint density at radius 3 is 2.73 bits per heavy atom. The highest BCUT2D eigenvalue weighted by Crippen LogP contribution is 2.43. The predicted molar refractivity (Wildman–Crippen MR) is 164 cm³/mol. The summed E-state index contributed by atoms with van der Waals surface area (Å²) >= 11 is 0. The summed E-state index contributed by atoms with van der Waals surface area (Å²) in [6, 6.07) is 5.65. The van der Waals surface area contributed by atoms with Gasteiger partial charge in [-0.2, -0.15) is 9.97 Å². The van der Waals surface area contributed by atoms with Gasteiger partial charge in [0, 0.05) is 49.1 Å². The van der Waals surface area contributed by atoms with Gasteiger partial charge >= 0.3 is 6.01 Å². The van der Waals surface area contributed by atoms with E-state index in [0.717, 1.165) is 32.4 Å². The van der Waals surface area contributed by atoms with E-state index in [1.807, 2.05) is 0 Å². The number of phenols is 1. The molecule has 0 spiro atoms. The van der Waals surface area contributed by atoms with Crippen molar-refractivity contribution >= 4 is 27.5 Å². The van der Waals surface area contributed by atoms with Crippen molar-refractivity contribution in [3.8, 4) is 47.7 Å². The van der Waals surface area contributed by atoms with Gasteiger partial charge in [-0.1, -0.05) is 12.0 Å². The van der Waals surface area contributed by atoms with Gasteiger partial charge in [-0.3, -0.25) is 4.90 Å². The van der Waals surface area contributed by atoms with E-state index in [2.05, 4.69) is 36.9 Å². The SMILES string of the molecule is C#Cc1c(F)ccc2cc(O)cc(-c3nc(C#C)c4c(N5C[C@@H]6C[C@H]5CN6)nc(OC[C@@]56CCCN5C[C@H](F)C6)nc4c3F)c12. The lowest BCUT2D eigenvalue weighted by Crippen LogP contribution is -2.44. The van der Waals surface area contributed by atoms with Crippen LogP contribution in [0.5, 0.6) is 11.8 Å². The number of hydrogen-bond donors (Lipinski definition) is 2. The molecule has 228 valence electrons. The minimum atomic E-state index is -0.936. The van der Waals surface area contributed by atoms with Crippen LogP contribution in [-0.4, -0.2) is 81.5 Å². The van der Waals surface area contributed by atoms with E-state index in [-0.39, 0.29) is 69.3 Å². The van der Waals surface area contributed by atoms with Crippen molar-refractivity contribution in [3.63, 3.8) is 0 Å². The van der Waals surface area contributed by atoms with Gasteiger partial charge in [-0.15, -0.1) is 12.8 Å². The molecular weight excluding hydrogens is 581 g/mol. The van der Waals surface area contributed by atoms with E-state index < -0.39 is 23.3 Å². The van der Waals surface area contributed by atoms with Crippen molar-refractivity contribution in [2.45, 2.75) is 49.5 Å². The summed E-state index contributed by atoms with van der Waals surface area (Å²) in [6.45, 7) is 2.69. The molecule has 8 nitrogen and oxygen atoms in total. The summed E-state index contributed by atoms with van der Waals surface area (Å²) in [4.78, 5) is 18.1. The first-order chi connectivity index (χ1) is 21.8. The zero-order valence-electron chi connectivity index (χ0n) is 24.3. The Balaban J connectivity index is 1.34. The summed E-state index contributed by atoms with van der Waals surface area (Å²) in [5.41, 5.74) is -0.755. The highest BCUT2D eigenvalue weighted by Gasteiger charge is 2.49. The molecule has 4 aliphatic rings. The Morgan fingerprint density at radius 2 is 1.98 bits per heavy atom. The second kappa shape index (κ2) is 10.2. The number of anilines is 1. The van der Waals surface area contributed by atoms with E-state index in [4.69, 9.17) is 22.6 Å². The summed E-state index contributed by atoms with van der Waals surface area (Å²) in [5, 5.41) is 14.9. The molecule has 0 saturated carbocycles. The molecule has 45 heavy (non-hydrogen) atoms. The molecule has 2 bridgehead atoms. The second-order valence-electron chi connectivity index (χ2n) is 12.5. The van der Waals surface area contributed by atoms with E-state index >= 15 is 4.39 Å². The minimum absolute atomic E-state index is 0.0492. The fourth-order valence-electron chi connectivity index (χ4n) is 7.91. The Bertz CT molecular complexity index is 1990. The number of hydrogen-bond acceptors (Lipinski definition) is 8. The maximum Gasteiger partial charge on any atom is 0.319 e. The number of nitrogens with zero attached hydrogens (tertiary/aromatic N) is 5. The van der Waals surface area contributed by atoms with Crippen LogP contribution in [0, 0.1) is 36.3 Å². The molecule has 2 N–H and O–H groups in total. The van der Waals surface area contributed by atoms with Crippen LogP contribution >= 0.6 is 0 Å². The number of terminal acetylenes is 2. The van der Waals surface area contributed by atoms with Crippen LogP contribution < -0.4 is 15.0 Å². The molecule has 0 aliphatic carbocycles. The Kier molecular flexibility index (Phi) is 6.35. The molecular formula is C34H29F3N6O2. The highest BCUT2D eigenvalue weighted by atomic mass is 19.1.